The number of hydrogen-bond acceptors (Lipinski definition) is 0. The van der Waals surface area contributed by atoms with E-state index >= 15 is 0 Å². The third-order valence-corrected chi connectivity index (χ3v) is 12.5. The highest BCUT2D eigenvalue weighted by Gasteiger charge is 2.08. The van der Waals surface area contributed by atoms with Crippen molar-refractivity contribution in [3.63, 3.8) is 0 Å². The van der Waals surface area contributed by atoms with Gasteiger partial charge in [0, 0.05) is 0 Å². The SMILES string of the molecule is C=C(C)[C@@H](CC)CCCCCC(C)CCCCCCCCC(C)CCCCCCCCC(C)CCCCCCCCCCCCCCC(C)C. The van der Waals surface area contributed by atoms with Crippen molar-refractivity contribution >= 4 is 0 Å². The van der Waals surface area contributed by atoms with Gasteiger partial charge < -0.3 is 0 Å². The van der Waals surface area contributed by atoms with Crippen LogP contribution in [-0.2, 0) is 0 Å². The molecule has 0 nitrogen and oxygen atoms in total. The van der Waals surface area contributed by atoms with E-state index in [1.807, 2.05) is 0 Å². The molecule has 0 rings (SSSR count). The lowest BCUT2D eigenvalue weighted by Gasteiger charge is -2.15. The van der Waals surface area contributed by atoms with Crippen LogP contribution >= 0.6 is 0 Å². The maximum Gasteiger partial charge on any atom is -0.0211 e. The van der Waals surface area contributed by atoms with Gasteiger partial charge in [0.05, 0.1) is 0 Å². The molecule has 0 radical (unpaired) electrons. The van der Waals surface area contributed by atoms with Gasteiger partial charge in [-0.2, -0.15) is 0 Å². The molecule has 3 unspecified atom stereocenters. The van der Waals surface area contributed by atoms with E-state index in [0.29, 0.717) is 0 Å². The van der Waals surface area contributed by atoms with Gasteiger partial charge in [-0.3, -0.25) is 0 Å². The standard InChI is InChI=1S/C50H100/c1-9-50(46(4)5)44-36-28-35-43-49(8)42-34-27-21-20-26-33-41-48(7)40-32-25-19-18-24-31-39-47(6)38-30-23-17-15-13-11-10-12-14-16-22-29-37-45(2)3/h45,47-50H,4,9-44H2,1-3,5-8H3/t47?,48?,49?,50-/m0/s1. The van der Waals surface area contributed by atoms with Crippen LogP contribution in [0.4, 0.5) is 0 Å². The quantitative estimate of drug-likeness (QED) is 0.0440. The van der Waals surface area contributed by atoms with E-state index in [1.54, 1.807) is 0 Å². The summed E-state index contributed by atoms with van der Waals surface area (Å²) in [5.41, 5.74) is 1.39. The first-order valence-corrected chi connectivity index (χ1v) is 23.9. The molecule has 0 saturated heterocycles. The van der Waals surface area contributed by atoms with Crippen molar-refractivity contribution in [1.82, 2.24) is 0 Å². The number of allylic oxidation sites excluding steroid dienone is 1. The zero-order valence-electron chi connectivity index (χ0n) is 36.5. The van der Waals surface area contributed by atoms with E-state index in [0.717, 1.165) is 29.6 Å². The molecule has 0 spiro atoms. The maximum atomic E-state index is 4.17. The smallest absolute Gasteiger partial charge is 0.0211 e. The lowest BCUT2D eigenvalue weighted by atomic mass is 9.91. The molecule has 0 amide bonds. The summed E-state index contributed by atoms with van der Waals surface area (Å²) in [6.45, 7) is 20.9. The number of hydrogen-bond donors (Lipinski definition) is 0. The largest absolute Gasteiger partial charge is 0.0999 e. The van der Waals surface area contributed by atoms with Crippen LogP contribution in [0.15, 0.2) is 12.2 Å². The maximum absolute atomic E-state index is 4.17. The van der Waals surface area contributed by atoms with E-state index < -0.39 is 0 Å². The Labute approximate surface area is 320 Å². The van der Waals surface area contributed by atoms with E-state index in [9.17, 15) is 0 Å². The third-order valence-electron chi connectivity index (χ3n) is 12.5. The van der Waals surface area contributed by atoms with E-state index in [1.165, 1.54) is 237 Å². The van der Waals surface area contributed by atoms with Gasteiger partial charge in [-0.15, -0.1) is 0 Å². The molecule has 4 atom stereocenters. The van der Waals surface area contributed by atoms with Gasteiger partial charge in [0.25, 0.3) is 0 Å². The molecule has 0 heterocycles. The van der Waals surface area contributed by atoms with Crippen LogP contribution < -0.4 is 0 Å². The molecule has 0 aromatic carbocycles. The average Bonchev–Trinajstić information content (AvgIpc) is 3.08. The summed E-state index contributed by atoms with van der Waals surface area (Å²) in [5.74, 6) is 4.49. The fraction of sp³-hybridized carbons (Fsp3) is 0.960. The molecular weight excluding hydrogens is 601 g/mol. The monoisotopic (exact) mass is 701 g/mol. The zero-order chi connectivity index (χ0) is 36.9. The zero-order valence-corrected chi connectivity index (χ0v) is 36.5. The Balaban J connectivity index is 3.35. The van der Waals surface area contributed by atoms with Gasteiger partial charge in [-0.1, -0.05) is 272 Å². The van der Waals surface area contributed by atoms with Crippen molar-refractivity contribution in [3.05, 3.63) is 12.2 Å². The molecule has 50 heavy (non-hydrogen) atoms. The molecule has 0 saturated carbocycles. The highest BCUT2D eigenvalue weighted by atomic mass is 14.1. The van der Waals surface area contributed by atoms with E-state index in [4.69, 9.17) is 0 Å². The highest BCUT2D eigenvalue weighted by Crippen LogP contribution is 2.24. The summed E-state index contributed by atoms with van der Waals surface area (Å²) < 4.78 is 0. The number of rotatable bonds is 41. The Morgan fingerprint density at radius 1 is 0.320 bits per heavy atom. The Morgan fingerprint density at radius 3 is 0.740 bits per heavy atom. The van der Waals surface area contributed by atoms with Crippen molar-refractivity contribution in [2.45, 2.75) is 280 Å². The van der Waals surface area contributed by atoms with Crippen molar-refractivity contribution < 1.29 is 0 Å². The van der Waals surface area contributed by atoms with Gasteiger partial charge in [-0.05, 0) is 49.4 Å². The average molecular weight is 701 g/mol. The molecular formula is C50H100. The summed E-state index contributed by atoms with van der Waals surface area (Å²) in [4.78, 5) is 0. The summed E-state index contributed by atoms with van der Waals surface area (Å²) in [6, 6.07) is 0. The molecule has 0 N–H and O–H groups in total. The first-order valence-electron chi connectivity index (χ1n) is 23.9. The van der Waals surface area contributed by atoms with Gasteiger partial charge in [0.15, 0.2) is 0 Å². The fourth-order valence-corrected chi connectivity index (χ4v) is 8.49. The first kappa shape index (κ1) is 49.7. The van der Waals surface area contributed by atoms with Crippen LogP contribution in [0.25, 0.3) is 0 Å². The van der Waals surface area contributed by atoms with Crippen LogP contribution in [0, 0.1) is 29.6 Å². The first-order chi connectivity index (χ1) is 24.3. The molecule has 0 aromatic heterocycles. The summed E-state index contributed by atoms with van der Waals surface area (Å²) in [7, 11) is 0. The predicted octanol–water partition coefficient (Wildman–Crippen LogP) is 18.8. The third kappa shape index (κ3) is 37.5. The topological polar surface area (TPSA) is 0 Å². The lowest BCUT2D eigenvalue weighted by molar-refractivity contribution is 0.413. The Kier molecular flexibility index (Phi) is 38.3. The summed E-state index contributed by atoms with van der Waals surface area (Å²) in [5, 5.41) is 0. The second kappa shape index (κ2) is 38.5. The second-order valence-electron chi connectivity index (χ2n) is 18.5. The summed E-state index contributed by atoms with van der Waals surface area (Å²) >= 11 is 0. The molecule has 0 aliphatic heterocycles. The van der Waals surface area contributed by atoms with Gasteiger partial charge >= 0.3 is 0 Å². The normalized spacial score (nSPS) is 14.3. The molecule has 0 aliphatic rings. The lowest BCUT2D eigenvalue weighted by Crippen LogP contribution is -2.00. The Hall–Kier alpha value is -0.260. The van der Waals surface area contributed by atoms with Crippen LogP contribution in [-0.4, -0.2) is 0 Å². The fourth-order valence-electron chi connectivity index (χ4n) is 8.49. The minimum absolute atomic E-state index is 0.762. The van der Waals surface area contributed by atoms with Crippen molar-refractivity contribution in [2.24, 2.45) is 29.6 Å². The van der Waals surface area contributed by atoms with Crippen LogP contribution in [0.1, 0.15) is 280 Å². The summed E-state index contributed by atoms with van der Waals surface area (Å²) in [6.07, 6.45) is 52.5. The van der Waals surface area contributed by atoms with Gasteiger partial charge in [-0.25, -0.2) is 0 Å². The van der Waals surface area contributed by atoms with Crippen molar-refractivity contribution in [2.75, 3.05) is 0 Å². The minimum atomic E-state index is 0.762. The molecule has 0 fully saturated rings. The Bertz CT molecular complexity index is 659. The second-order valence-corrected chi connectivity index (χ2v) is 18.5. The molecule has 300 valence electrons. The predicted molar refractivity (Wildman–Crippen MR) is 233 cm³/mol. The molecule has 0 aromatic rings. The number of unbranched alkanes of at least 4 members (excludes halogenated alkanes) is 23. The van der Waals surface area contributed by atoms with Gasteiger partial charge in [0.1, 0.15) is 0 Å². The van der Waals surface area contributed by atoms with Crippen LogP contribution in [0.3, 0.4) is 0 Å². The van der Waals surface area contributed by atoms with Crippen LogP contribution in [0.5, 0.6) is 0 Å². The molecule has 0 bridgehead atoms. The highest BCUT2D eigenvalue weighted by molar-refractivity contribution is 4.95. The molecule has 0 aliphatic carbocycles. The van der Waals surface area contributed by atoms with Gasteiger partial charge in [0.2, 0.25) is 0 Å². The minimum Gasteiger partial charge on any atom is -0.0999 e. The van der Waals surface area contributed by atoms with Crippen molar-refractivity contribution in [1.29, 1.82) is 0 Å². The van der Waals surface area contributed by atoms with E-state index in [-0.39, 0.29) is 0 Å². The van der Waals surface area contributed by atoms with Crippen molar-refractivity contribution in [3.8, 4) is 0 Å². The molecule has 0 heteroatoms. The van der Waals surface area contributed by atoms with Crippen LogP contribution in [0.2, 0.25) is 0 Å². The Morgan fingerprint density at radius 2 is 0.520 bits per heavy atom. The van der Waals surface area contributed by atoms with E-state index in [2.05, 4.69) is 55.0 Å².